The van der Waals surface area contributed by atoms with Crippen molar-refractivity contribution in [1.82, 2.24) is 4.98 Å². The quantitative estimate of drug-likeness (QED) is 0.513. The Hall–Kier alpha value is -3.81. The van der Waals surface area contributed by atoms with Gasteiger partial charge in [-0.1, -0.05) is 19.9 Å². The van der Waals surface area contributed by atoms with E-state index >= 15 is 0 Å². The molecule has 0 saturated carbocycles. The Bertz CT molecular complexity index is 1100. The fourth-order valence-corrected chi connectivity index (χ4v) is 4.41. The first-order valence-corrected chi connectivity index (χ1v) is 11.1. The molecule has 3 N–H and O–H groups in total. The summed E-state index contributed by atoms with van der Waals surface area (Å²) in [7, 11) is 0. The highest BCUT2D eigenvalue weighted by Gasteiger charge is 2.42. The summed E-state index contributed by atoms with van der Waals surface area (Å²) in [5.41, 5.74) is 0.727. The van der Waals surface area contributed by atoms with Crippen molar-refractivity contribution < 1.29 is 27.9 Å². The Labute approximate surface area is 200 Å². The second-order valence-electron chi connectivity index (χ2n) is 8.94. The number of amides is 2. The Kier molecular flexibility index (Phi) is 7.84. The Morgan fingerprint density at radius 2 is 1.89 bits per heavy atom. The summed E-state index contributed by atoms with van der Waals surface area (Å²) in [4.78, 5) is 29.8. The number of aromatic nitrogens is 1. The number of urea groups is 1. The van der Waals surface area contributed by atoms with E-state index in [0.717, 1.165) is 6.42 Å². The van der Waals surface area contributed by atoms with Gasteiger partial charge in [0.15, 0.2) is 0 Å². The van der Waals surface area contributed by atoms with E-state index in [2.05, 4.69) is 29.5 Å². The number of carbonyl (C=O) groups excluding carboxylic acids is 1. The summed E-state index contributed by atoms with van der Waals surface area (Å²) < 4.78 is 41.0. The lowest BCUT2D eigenvalue weighted by atomic mass is 9.90. The number of carbonyl (C=O) groups is 2. The monoisotopic (exact) mass is 489 g/mol. The van der Waals surface area contributed by atoms with E-state index in [9.17, 15) is 22.8 Å². The van der Waals surface area contributed by atoms with Crippen LogP contribution >= 0.6 is 0 Å². The summed E-state index contributed by atoms with van der Waals surface area (Å²) in [6, 6.07) is 8.02. The average Bonchev–Trinajstić information content (AvgIpc) is 2.76. The largest absolute Gasteiger partial charge is 0.481 e. The van der Waals surface area contributed by atoms with E-state index in [0.29, 0.717) is 36.2 Å². The van der Waals surface area contributed by atoms with Crippen LogP contribution in [-0.4, -0.2) is 41.4 Å². The number of halogens is 3. The van der Waals surface area contributed by atoms with Crippen LogP contribution < -0.4 is 15.5 Å². The lowest BCUT2D eigenvalue weighted by Crippen LogP contribution is -2.39. The van der Waals surface area contributed by atoms with Crippen molar-refractivity contribution >= 4 is 29.2 Å². The van der Waals surface area contributed by atoms with Gasteiger partial charge < -0.3 is 15.3 Å². The van der Waals surface area contributed by atoms with Gasteiger partial charge in [-0.15, -0.1) is 0 Å². The average molecular weight is 489 g/mol. The first-order chi connectivity index (χ1) is 16.5. The molecule has 0 aliphatic carbocycles. The van der Waals surface area contributed by atoms with Gasteiger partial charge in [0, 0.05) is 19.3 Å². The molecular weight excluding hydrogens is 463 g/mol. The number of pyridine rings is 1. The minimum atomic E-state index is -4.78. The molecule has 0 radical (unpaired) electrons. The fraction of sp³-hybridized carbons (Fsp3) is 0.417. The second kappa shape index (κ2) is 10.6. The highest BCUT2D eigenvalue weighted by molar-refractivity contribution is 6.01. The molecule has 8 nitrogen and oxygen atoms in total. The van der Waals surface area contributed by atoms with Crippen molar-refractivity contribution in [3.8, 4) is 6.07 Å². The number of alkyl halides is 3. The highest BCUT2D eigenvalue weighted by atomic mass is 19.4. The molecule has 1 fully saturated rings. The Morgan fingerprint density at radius 3 is 2.43 bits per heavy atom. The molecule has 35 heavy (non-hydrogen) atoms. The number of carboxylic acids is 1. The predicted molar refractivity (Wildman–Crippen MR) is 124 cm³/mol. The van der Waals surface area contributed by atoms with Crippen molar-refractivity contribution in [2.24, 2.45) is 11.8 Å². The number of aliphatic carboxylic acids is 1. The number of rotatable bonds is 6. The molecule has 1 aromatic carbocycles. The number of piperidine rings is 1. The first-order valence-electron chi connectivity index (χ1n) is 11.1. The number of nitrogens with one attached hydrogen (secondary N) is 2. The third-order valence-corrected chi connectivity index (χ3v) is 5.79. The molecule has 1 saturated heterocycles. The molecule has 2 heterocycles. The zero-order valence-electron chi connectivity index (χ0n) is 19.3. The minimum absolute atomic E-state index is 0.134. The number of anilines is 3. The lowest BCUT2D eigenvalue weighted by molar-refractivity contribution is -0.163. The Morgan fingerprint density at radius 1 is 1.20 bits per heavy atom. The van der Waals surface area contributed by atoms with Crippen molar-refractivity contribution in [1.29, 1.82) is 5.26 Å². The highest BCUT2D eigenvalue weighted by Crippen LogP contribution is 2.41. The summed E-state index contributed by atoms with van der Waals surface area (Å²) in [6.45, 7) is 5.49. The molecule has 0 spiro atoms. The molecule has 186 valence electrons. The molecule has 1 aromatic heterocycles. The third kappa shape index (κ3) is 6.85. The number of carboxylic acid groups (broad SMARTS) is 1. The van der Waals surface area contributed by atoms with E-state index in [1.165, 1.54) is 36.5 Å². The van der Waals surface area contributed by atoms with Crippen LogP contribution in [0.5, 0.6) is 0 Å². The zero-order chi connectivity index (χ0) is 25.8. The van der Waals surface area contributed by atoms with Gasteiger partial charge in [0.1, 0.15) is 11.9 Å². The van der Waals surface area contributed by atoms with Crippen molar-refractivity contribution in [3.05, 3.63) is 47.7 Å². The lowest BCUT2D eigenvalue weighted by Gasteiger charge is -2.37. The topological polar surface area (TPSA) is 118 Å². The Balaban J connectivity index is 1.95. The first kappa shape index (κ1) is 25.8. The molecule has 2 aromatic rings. The van der Waals surface area contributed by atoms with Gasteiger partial charge in [0.2, 0.25) is 0 Å². The zero-order valence-corrected chi connectivity index (χ0v) is 19.3. The summed E-state index contributed by atoms with van der Waals surface area (Å²) in [5.74, 6) is -2.96. The summed E-state index contributed by atoms with van der Waals surface area (Å²) >= 11 is 0. The standard InChI is InChI=1S/C24H26F3N5O3/c1-14-7-15(2)13-32(12-14)20-5-4-17(18(9-22(33)34)24(25,26)27)8-19(20)30-23(35)31-21-6-3-16(10-28)11-29-21/h3-6,8,11,14-15,18H,7,9,12-13H2,1-2H3,(H,33,34)(H2,29,30,31,35). The SMILES string of the molecule is CC1CC(C)CN(c2ccc(C(CC(=O)O)C(F)(F)F)cc2NC(=O)Nc2ccc(C#N)cn2)C1. The molecule has 11 heteroatoms. The van der Waals surface area contributed by atoms with Crippen LogP contribution in [-0.2, 0) is 4.79 Å². The van der Waals surface area contributed by atoms with Gasteiger partial charge in [-0.2, -0.15) is 18.4 Å². The van der Waals surface area contributed by atoms with Gasteiger partial charge in [0.05, 0.1) is 29.3 Å². The van der Waals surface area contributed by atoms with Crippen LogP contribution in [0.15, 0.2) is 36.5 Å². The second-order valence-corrected chi connectivity index (χ2v) is 8.94. The van der Waals surface area contributed by atoms with Gasteiger partial charge in [-0.25, -0.2) is 9.78 Å². The molecule has 3 unspecified atom stereocenters. The van der Waals surface area contributed by atoms with Crippen molar-refractivity contribution in [2.45, 2.75) is 38.8 Å². The smallest absolute Gasteiger partial charge is 0.396 e. The maximum Gasteiger partial charge on any atom is 0.396 e. The molecule has 3 atom stereocenters. The summed E-state index contributed by atoms with van der Waals surface area (Å²) in [6.07, 6.45) is -3.61. The van der Waals surface area contributed by atoms with E-state index in [-0.39, 0.29) is 17.1 Å². The van der Waals surface area contributed by atoms with Crippen molar-refractivity contribution in [2.75, 3.05) is 28.6 Å². The van der Waals surface area contributed by atoms with Gasteiger partial charge >= 0.3 is 18.2 Å². The maximum absolute atomic E-state index is 13.7. The molecule has 1 aliphatic heterocycles. The van der Waals surface area contributed by atoms with Crippen LogP contribution in [0.4, 0.5) is 35.2 Å². The van der Waals surface area contributed by atoms with E-state index in [1.54, 1.807) is 0 Å². The van der Waals surface area contributed by atoms with Crippen LogP contribution in [0.25, 0.3) is 0 Å². The van der Waals surface area contributed by atoms with E-state index in [4.69, 9.17) is 10.4 Å². The van der Waals surface area contributed by atoms with Crippen LogP contribution in [0.1, 0.15) is 43.7 Å². The van der Waals surface area contributed by atoms with Crippen LogP contribution in [0.3, 0.4) is 0 Å². The van der Waals surface area contributed by atoms with Crippen LogP contribution in [0, 0.1) is 23.2 Å². The molecule has 0 bridgehead atoms. The van der Waals surface area contributed by atoms with Gasteiger partial charge in [-0.05, 0) is 48.1 Å². The van der Waals surface area contributed by atoms with Gasteiger partial charge in [0.25, 0.3) is 0 Å². The fourth-order valence-electron chi connectivity index (χ4n) is 4.41. The molecular formula is C24H26F3N5O3. The normalized spacial score (nSPS) is 18.9. The molecule has 3 rings (SSSR count). The number of hydrogen-bond acceptors (Lipinski definition) is 5. The third-order valence-electron chi connectivity index (χ3n) is 5.79. The number of nitriles is 1. The molecule has 1 aliphatic rings. The number of benzene rings is 1. The summed E-state index contributed by atoms with van der Waals surface area (Å²) in [5, 5.41) is 23.0. The van der Waals surface area contributed by atoms with Gasteiger partial charge in [-0.3, -0.25) is 10.1 Å². The number of nitrogens with zero attached hydrogens (tertiary/aromatic N) is 3. The van der Waals surface area contributed by atoms with E-state index < -0.39 is 30.5 Å². The number of hydrogen-bond donors (Lipinski definition) is 3. The minimum Gasteiger partial charge on any atom is -0.481 e. The van der Waals surface area contributed by atoms with E-state index in [1.807, 2.05) is 11.0 Å². The molecule has 2 amide bonds. The predicted octanol–water partition coefficient (Wildman–Crippen LogP) is 5.20. The van der Waals surface area contributed by atoms with Crippen LogP contribution in [0.2, 0.25) is 0 Å². The van der Waals surface area contributed by atoms with Crippen molar-refractivity contribution in [3.63, 3.8) is 0 Å². The maximum atomic E-state index is 13.7.